The molecule has 21 heavy (non-hydrogen) atoms. The Balaban J connectivity index is 1.79. The van der Waals surface area contributed by atoms with Crippen LogP contribution in [0.1, 0.15) is 68.1 Å². The van der Waals surface area contributed by atoms with Gasteiger partial charge in [-0.1, -0.05) is 38.0 Å². The number of aryl methyl sites for hydroxylation is 1. The van der Waals surface area contributed by atoms with Gasteiger partial charge in [0.15, 0.2) is 0 Å². The third-order valence-electron chi connectivity index (χ3n) is 5.97. The molecular weight excluding hydrogens is 254 g/mol. The van der Waals surface area contributed by atoms with Gasteiger partial charge in [0, 0.05) is 6.04 Å². The molecule has 0 amide bonds. The number of nitrogens with one attached hydrogen (secondary N) is 1. The first kappa shape index (κ1) is 15.1. The lowest BCUT2D eigenvalue weighted by atomic mass is 9.69. The molecule has 2 fully saturated rings. The van der Waals surface area contributed by atoms with Crippen LogP contribution in [0.5, 0.6) is 0 Å². The molecule has 1 nitrogen and oxygen atoms in total. The molecule has 2 aliphatic rings. The maximum atomic E-state index is 3.79. The molecule has 1 N–H and O–H groups in total. The largest absolute Gasteiger partial charge is 0.314 e. The van der Waals surface area contributed by atoms with Crippen LogP contribution in [0.3, 0.4) is 0 Å². The standard InChI is InChI=1S/C20H31N/c1-4-16-8-9-17(13-21-18-10-11-18)20(12-16)19-7-5-6-14(2)15(19)3/h5-7,16-18,20-21H,4,8-13H2,1-3H3. The van der Waals surface area contributed by atoms with E-state index in [1.165, 1.54) is 56.2 Å². The summed E-state index contributed by atoms with van der Waals surface area (Å²) in [7, 11) is 0. The van der Waals surface area contributed by atoms with Crippen molar-refractivity contribution in [2.75, 3.05) is 6.54 Å². The maximum absolute atomic E-state index is 3.79. The third kappa shape index (κ3) is 3.51. The van der Waals surface area contributed by atoms with Crippen LogP contribution in [-0.4, -0.2) is 12.6 Å². The van der Waals surface area contributed by atoms with E-state index in [-0.39, 0.29) is 0 Å². The van der Waals surface area contributed by atoms with Gasteiger partial charge in [-0.25, -0.2) is 0 Å². The summed E-state index contributed by atoms with van der Waals surface area (Å²) < 4.78 is 0. The zero-order valence-electron chi connectivity index (χ0n) is 14.0. The molecule has 0 saturated heterocycles. The first-order valence-corrected chi connectivity index (χ1v) is 8.98. The molecule has 1 heteroatoms. The van der Waals surface area contributed by atoms with Crippen LogP contribution >= 0.6 is 0 Å². The van der Waals surface area contributed by atoms with Gasteiger partial charge in [-0.2, -0.15) is 0 Å². The summed E-state index contributed by atoms with van der Waals surface area (Å²) in [5.74, 6) is 2.55. The Hall–Kier alpha value is -0.820. The fourth-order valence-electron chi connectivity index (χ4n) is 4.10. The summed E-state index contributed by atoms with van der Waals surface area (Å²) in [5, 5.41) is 3.79. The number of hydrogen-bond donors (Lipinski definition) is 1. The Morgan fingerprint density at radius 1 is 1.10 bits per heavy atom. The minimum Gasteiger partial charge on any atom is -0.314 e. The minimum atomic E-state index is 0.773. The first-order chi connectivity index (χ1) is 10.2. The van der Waals surface area contributed by atoms with Crippen LogP contribution in [-0.2, 0) is 0 Å². The summed E-state index contributed by atoms with van der Waals surface area (Å²) in [5.41, 5.74) is 4.63. The average molecular weight is 285 g/mol. The highest BCUT2D eigenvalue weighted by Gasteiger charge is 2.33. The van der Waals surface area contributed by atoms with Gasteiger partial charge in [0.2, 0.25) is 0 Å². The lowest BCUT2D eigenvalue weighted by molar-refractivity contribution is 0.224. The molecule has 0 aromatic heterocycles. The van der Waals surface area contributed by atoms with Crippen molar-refractivity contribution in [3.05, 3.63) is 34.9 Å². The quantitative estimate of drug-likeness (QED) is 0.806. The van der Waals surface area contributed by atoms with E-state index in [1.54, 1.807) is 5.56 Å². The summed E-state index contributed by atoms with van der Waals surface area (Å²) >= 11 is 0. The molecule has 116 valence electrons. The molecule has 2 aliphatic carbocycles. The van der Waals surface area contributed by atoms with Crippen LogP contribution < -0.4 is 5.32 Å². The summed E-state index contributed by atoms with van der Waals surface area (Å²) in [6.45, 7) is 8.19. The minimum absolute atomic E-state index is 0.773. The zero-order valence-corrected chi connectivity index (χ0v) is 14.0. The van der Waals surface area contributed by atoms with Crippen LogP contribution in [0.25, 0.3) is 0 Å². The Labute approximate surface area is 130 Å². The third-order valence-corrected chi connectivity index (χ3v) is 5.97. The van der Waals surface area contributed by atoms with E-state index >= 15 is 0 Å². The van der Waals surface area contributed by atoms with E-state index in [0.717, 1.165) is 23.8 Å². The molecule has 3 unspecified atom stereocenters. The van der Waals surface area contributed by atoms with Gasteiger partial charge in [0.1, 0.15) is 0 Å². The van der Waals surface area contributed by atoms with Gasteiger partial charge < -0.3 is 5.32 Å². The Kier molecular flexibility index (Phi) is 4.69. The summed E-state index contributed by atoms with van der Waals surface area (Å²) in [4.78, 5) is 0. The van der Waals surface area contributed by atoms with Crippen LogP contribution in [0.2, 0.25) is 0 Å². The molecule has 2 saturated carbocycles. The number of hydrogen-bond acceptors (Lipinski definition) is 1. The molecule has 0 heterocycles. The summed E-state index contributed by atoms with van der Waals surface area (Å²) in [6.07, 6.45) is 8.41. The predicted molar refractivity (Wildman–Crippen MR) is 90.8 cm³/mol. The molecule has 0 bridgehead atoms. The van der Waals surface area contributed by atoms with Crippen LogP contribution in [0.4, 0.5) is 0 Å². The normalized spacial score (nSPS) is 29.6. The van der Waals surface area contributed by atoms with Crippen molar-refractivity contribution >= 4 is 0 Å². The molecule has 1 aromatic rings. The second kappa shape index (κ2) is 6.52. The van der Waals surface area contributed by atoms with Gasteiger partial charge in [-0.05, 0) is 80.5 Å². The van der Waals surface area contributed by atoms with Gasteiger partial charge in [-0.15, -0.1) is 0 Å². The highest BCUT2D eigenvalue weighted by molar-refractivity contribution is 5.36. The molecule has 0 spiro atoms. The van der Waals surface area contributed by atoms with Gasteiger partial charge in [-0.3, -0.25) is 0 Å². The van der Waals surface area contributed by atoms with Crippen LogP contribution in [0, 0.1) is 25.7 Å². The second-order valence-electron chi connectivity index (χ2n) is 7.43. The molecular formula is C20H31N. The van der Waals surface area contributed by atoms with Crippen molar-refractivity contribution in [2.24, 2.45) is 11.8 Å². The summed E-state index contributed by atoms with van der Waals surface area (Å²) in [6, 6.07) is 7.76. The molecule has 0 aliphatic heterocycles. The molecule has 1 aromatic carbocycles. The maximum Gasteiger partial charge on any atom is 0.00683 e. The SMILES string of the molecule is CCC1CCC(CNC2CC2)C(c2cccc(C)c2C)C1. The van der Waals surface area contributed by atoms with Crippen molar-refractivity contribution in [3.8, 4) is 0 Å². The number of benzene rings is 1. The molecule has 0 radical (unpaired) electrons. The smallest absolute Gasteiger partial charge is 0.00683 e. The zero-order chi connectivity index (χ0) is 14.8. The van der Waals surface area contributed by atoms with Gasteiger partial charge >= 0.3 is 0 Å². The van der Waals surface area contributed by atoms with Crippen LogP contribution in [0.15, 0.2) is 18.2 Å². The fourth-order valence-corrected chi connectivity index (χ4v) is 4.10. The van der Waals surface area contributed by atoms with E-state index in [0.29, 0.717) is 0 Å². The fraction of sp³-hybridized carbons (Fsp3) is 0.700. The predicted octanol–water partition coefficient (Wildman–Crippen LogP) is 4.97. The Morgan fingerprint density at radius 2 is 1.90 bits per heavy atom. The monoisotopic (exact) mass is 285 g/mol. The molecule has 3 rings (SSSR count). The van der Waals surface area contributed by atoms with Gasteiger partial charge in [0.05, 0.1) is 0 Å². The van der Waals surface area contributed by atoms with E-state index in [9.17, 15) is 0 Å². The lowest BCUT2D eigenvalue weighted by Crippen LogP contribution is -2.33. The van der Waals surface area contributed by atoms with Crippen molar-refractivity contribution < 1.29 is 0 Å². The van der Waals surface area contributed by atoms with E-state index < -0.39 is 0 Å². The number of rotatable bonds is 5. The highest BCUT2D eigenvalue weighted by Crippen LogP contribution is 2.43. The topological polar surface area (TPSA) is 12.0 Å². The van der Waals surface area contributed by atoms with Crippen molar-refractivity contribution in [3.63, 3.8) is 0 Å². The van der Waals surface area contributed by atoms with Crippen molar-refractivity contribution in [1.29, 1.82) is 0 Å². The van der Waals surface area contributed by atoms with Crippen molar-refractivity contribution in [1.82, 2.24) is 5.32 Å². The van der Waals surface area contributed by atoms with E-state index in [2.05, 4.69) is 44.3 Å². The highest BCUT2D eigenvalue weighted by atomic mass is 14.9. The van der Waals surface area contributed by atoms with E-state index in [4.69, 9.17) is 0 Å². The Bertz CT molecular complexity index is 475. The second-order valence-corrected chi connectivity index (χ2v) is 7.43. The lowest BCUT2D eigenvalue weighted by Gasteiger charge is -2.37. The molecule has 3 atom stereocenters. The first-order valence-electron chi connectivity index (χ1n) is 8.98. The Morgan fingerprint density at radius 3 is 2.62 bits per heavy atom. The van der Waals surface area contributed by atoms with Crippen molar-refractivity contribution in [2.45, 2.75) is 71.3 Å². The van der Waals surface area contributed by atoms with Gasteiger partial charge in [0.25, 0.3) is 0 Å². The average Bonchev–Trinajstić information content (AvgIpc) is 3.32. The van der Waals surface area contributed by atoms with E-state index in [1.807, 2.05) is 0 Å².